The van der Waals surface area contributed by atoms with Gasteiger partial charge < -0.3 is 9.52 Å². The number of oxazole rings is 1. The zero-order chi connectivity index (χ0) is 17.5. The van der Waals surface area contributed by atoms with E-state index < -0.39 is 11.2 Å². The highest BCUT2D eigenvalue weighted by Crippen LogP contribution is 2.38. The second kappa shape index (κ2) is 8.70. The van der Waals surface area contributed by atoms with E-state index in [1.54, 1.807) is 6.26 Å². The van der Waals surface area contributed by atoms with Crippen LogP contribution < -0.4 is 0 Å². The minimum Gasteiger partial charge on any atom is -0.480 e. The number of halogens is 1. The van der Waals surface area contributed by atoms with Crippen molar-refractivity contribution in [2.45, 2.75) is 12.2 Å². The summed E-state index contributed by atoms with van der Waals surface area (Å²) in [5, 5.41) is 7.38. The number of nitrogens with zero attached hydrogens (tertiary/aromatic N) is 1. The predicted molar refractivity (Wildman–Crippen MR) is 101 cm³/mol. The second-order valence-corrected chi connectivity index (χ2v) is 6.67. The summed E-state index contributed by atoms with van der Waals surface area (Å²) in [7, 11) is 0. The van der Waals surface area contributed by atoms with Crippen molar-refractivity contribution in [3.05, 3.63) is 65.7 Å². The lowest BCUT2D eigenvalue weighted by Crippen LogP contribution is -2.06. The highest BCUT2D eigenvalue weighted by Gasteiger charge is 2.11. The molecule has 0 fully saturated rings. The van der Waals surface area contributed by atoms with Gasteiger partial charge in [-0.15, -0.1) is 0 Å². The molecule has 1 N–H and O–H groups in total. The number of carbonyl (C=O) groups is 1. The first-order valence-electron chi connectivity index (χ1n) is 7.13. The van der Waals surface area contributed by atoms with Crippen molar-refractivity contribution in [3.8, 4) is 22.4 Å². The van der Waals surface area contributed by atoms with Crippen molar-refractivity contribution >= 4 is 34.5 Å². The van der Waals surface area contributed by atoms with Crippen LogP contribution >= 0.6 is 28.6 Å². The molecule has 4 nitrogen and oxygen atoms in total. The van der Waals surface area contributed by atoms with E-state index >= 15 is 0 Å². The van der Waals surface area contributed by atoms with Gasteiger partial charge in [-0.05, 0) is 36.2 Å². The van der Waals surface area contributed by atoms with Crippen molar-refractivity contribution in [1.82, 2.24) is 4.98 Å². The Balaban J connectivity index is 0.000000139. The molecule has 0 bridgehead atoms. The molecule has 0 saturated carbocycles. The molecule has 2 aliphatic rings. The van der Waals surface area contributed by atoms with Crippen molar-refractivity contribution in [1.29, 1.82) is 0 Å². The van der Waals surface area contributed by atoms with Crippen molar-refractivity contribution in [2.75, 3.05) is 0 Å². The van der Waals surface area contributed by atoms with E-state index in [1.807, 2.05) is 30.3 Å². The van der Waals surface area contributed by atoms with E-state index in [0.29, 0.717) is 0 Å². The summed E-state index contributed by atoms with van der Waals surface area (Å²) in [5.74, 6) is -0.877. The summed E-state index contributed by atoms with van der Waals surface area (Å²) in [5.41, 5.74) is 4.76. The molecule has 4 rings (SSSR count). The van der Waals surface area contributed by atoms with Gasteiger partial charge >= 0.3 is 5.97 Å². The molecule has 1 aromatic carbocycles. The lowest BCUT2D eigenvalue weighted by Gasteiger charge is -1.91. The first kappa shape index (κ1) is 18.3. The fourth-order valence-corrected chi connectivity index (χ4v) is 2.18. The van der Waals surface area contributed by atoms with Crippen LogP contribution in [0.15, 0.2) is 70.1 Å². The summed E-state index contributed by atoms with van der Waals surface area (Å²) in [6.07, 6.45) is 3.07. The second-order valence-electron chi connectivity index (χ2n) is 4.98. The molecule has 0 spiro atoms. The van der Waals surface area contributed by atoms with Gasteiger partial charge in [0.2, 0.25) is 0 Å². The smallest absolute Gasteiger partial charge is 0.316 e. The number of fused-ring (bicyclic) bond motifs is 1. The molecule has 1 heterocycles. The molecule has 2 aliphatic carbocycles. The summed E-state index contributed by atoms with van der Waals surface area (Å²) < 4.78 is 6.07. The van der Waals surface area contributed by atoms with E-state index in [2.05, 4.69) is 51.7 Å². The molecule has 6 heteroatoms. The van der Waals surface area contributed by atoms with Crippen LogP contribution in [-0.2, 0) is 4.79 Å². The number of aromatic nitrogens is 1. The molecule has 2 aromatic rings. The van der Waals surface area contributed by atoms with E-state index in [0.717, 1.165) is 11.3 Å². The molecule has 0 amide bonds. The summed E-state index contributed by atoms with van der Waals surface area (Å²) >= 11 is 6.95. The van der Waals surface area contributed by atoms with Crippen LogP contribution in [0.25, 0.3) is 22.4 Å². The molecule has 0 radical (unpaired) electrons. The molecule has 1 unspecified atom stereocenters. The first-order chi connectivity index (χ1) is 11.5. The topological polar surface area (TPSA) is 63.3 Å². The van der Waals surface area contributed by atoms with Gasteiger partial charge in [-0.3, -0.25) is 4.79 Å². The standard InChI is InChI=1S/C9H7NO.C6H3Br.C3H6O2S/c1-2-4-8(5-3-1)9-6-11-7-10-9;7-6-2-4-1-5(4)3-6;1-2(6)3(4)5/h1-7H;1-3H;2,6H,1H3,(H,4,5). The Morgan fingerprint density at radius 2 is 1.75 bits per heavy atom. The highest BCUT2D eigenvalue weighted by molar-refractivity contribution is 9.10. The lowest BCUT2D eigenvalue weighted by atomic mass is 10.2. The third-order valence-electron chi connectivity index (χ3n) is 3.01. The number of carboxylic acids is 1. The quantitative estimate of drug-likeness (QED) is 0.452. The van der Waals surface area contributed by atoms with Crippen LogP contribution in [0.2, 0.25) is 0 Å². The average Bonchev–Trinajstić information content (AvgIpc) is 2.97. The van der Waals surface area contributed by atoms with E-state index in [-0.39, 0.29) is 0 Å². The van der Waals surface area contributed by atoms with E-state index in [4.69, 9.17) is 9.52 Å². The number of benzene rings is 2. The summed E-state index contributed by atoms with van der Waals surface area (Å²) in [6.45, 7) is 1.51. The minimum atomic E-state index is -0.877. The number of hydrogen-bond acceptors (Lipinski definition) is 4. The van der Waals surface area contributed by atoms with Crippen LogP contribution in [-0.4, -0.2) is 21.3 Å². The molecule has 0 aliphatic heterocycles. The third kappa shape index (κ3) is 5.86. The van der Waals surface area contributed by atoms with Gasteiger partial charge in [0, 0.05) is 10.0 Å². The number of rotatable bonds is 2. The molecule has 24 heavy (non-hydrogen) atoms. The Kier molecular flexibility index (Phi) is 6.63. The van der Waals surface area contributed by atoms with Crippen LogP contribution in [0.1, 0.15) is 6.92 Å². The maximum Gasteiger partial charge on any atom is 0.316 e. The van der Waals surface area contributed by atoms with Gasteiger partial charge in [0.1, 0.15) is 12.0 Å². The fourth-order valence-electron chi connectivity index (χ4n) is 1.68. The van der Waals surface area contributed by atoms with Gasteiger partial charge in [0.05, 0.1) is 5.25 Å². The minimum absolute atomic E-state index is 0.537. The van der Waals surface area contributed by atoms with Gasteiger partial charge in [-0.2, -0.15) is 12.6 Å². The largest absolute Gasteiger partial charge is 0.480 e. The first-order valence-corrected chi connectivity index (χ1v) is 8.43. The lowest BCUT2D eigenvalue weighted by molar-refractivity contribution is -0.136. The molecular formula is C18H16BrNO3S. The zero-order valence-corrected chi connectivity index (χ0v) is 15.4. The SMILES string of the molecule is Brc1cc2cc-2c1.CC(S)C(=O)O.c1ccc(-c2cocn2)cc1. The molecule has 124 valence electrons. The number of hydrogen-bond donors (Lipinski definition) is 2. The van der Waals surface area contributed by atoms with Gasteiger partial charge in [-0.1, -0.05) is 46.3 Å². The number of carboxylic acid groups (broad SMARTS) is 1. The molecule has 1 aromatic heterocycles. The zero-order valence-electron chi connectivity index (χ0n) is 12.9. The average molecular weight is 406 g/mol. The molecular weight excluding hydrogens is 390 g/mol. The Hall–Kier alpha value is -2.05. The maximum atomic E-state index is 9.62. The Labute approximate surface area is 154 Å². The third-order valence-corrected chi connectivity index (χ3v) is 3.69. The van der Waals surface area contributed by atoms with Crippen LogP contribution in [0.4, 0.5) is 0 Å². The molecule has 1 atom stereocenters. The van der Waals surface area contributed by atoms with Crippen LogP contribution in [0, 0.1) is 0 Å². The van der Waals surface area contributed by atoms with Gasteiger partial charge in [0.25, 0.3) is 0 Å². The number of thiol groups is 1. The summed E-state index contributed by atoms with van der Waals surface area (Å²) in [4.78, 5) is 13.6. The molecule has 0 saturated heterocycles. The van der Waals surface area contributed by atoms with Crippen molar-refractivity contribution < 1.29 is 14.3 Å². The maximum absolute atomic E-state index is 9.62. The Morgan fingerprint density at radius 1 is 1.17 bits per heavy atom. The Bertz CT molecular complexity index is 769. The van der Waals surface area contributed by atoms with E-state index in [9.17, 15) is 4.79 Å². The normalized spacial score (nSPS) is 11.3. The number of aliphatic carboxylic acids is 1. The fraction of sp³-hybridized carbons (Fsp3) is 0.111. The monoisotopic (exact) mass is 405 g/mol. The van der Waals surface area contributed by atoms with Gasteiger partial charge in [0.15, 0.2) is 6.39 Å². The Morgan fingerprint density at radius 3 is 2.12 bits per heavy atom. The van der Waals surface area contributed by atoms with Gasteiger partial charge in [-0.25, -0.2) is 4.98 Å². The van der Waals surface area contributed by atoms with Crippen LogP contribution in [0.5, 0.6) is 0 Å². The highest BCUT2D eigenvalue weighted by atomic mass is 79.9. The predicted octanol–water partition coefficient (Wildman–Crippen LogP) is 5.16. The van der Waals surface area contributed by atoms with E-state index in [1.165, 1.54) is 28.9 Å². The van der Waals surface area contributed by atoms with Crippen molar-refractivity contribution in [2.24, 2.45) is 0 Å². The van der Waals surface area contributed by atoms with Crippen molar-refractivity contribution in [3.63, 3.8) is 0 Å². The van der Waals surface area contributed by atoms with Crippen LogP contribution in [0.3, 0.4) is 0 Å². The summed E-state index contributed by atoms with van der Waals surface area (Å²) in [6, 6.07) is 16.3.